The number of aryl methyl sites for hydroxylation is 1. The van der Waals surface area contributed by atoms with Crippen molar-refractivity contribution in [3.63, 3.8) is 0 Å². The van der Waals surface area contributed by atoms with Crippen LogP contribution in [0.3, 0.4) is 0 Å². The van der Waals surface area contributed by atoms with Crippen LogP contribution in [0.25, 0.3) is 5.82 Å². The number of rotatable bonds is 8. The van der Waals surface area contributed by atoms with Gasteiger partial charge in [-0.25, -0.2) is 9.67 Å². The van der Waals surface area contributed by atoms with Gasteiger partial charge in [-0.15, -0.1) is 10.2 Å². The van der Waals surface area contributed by atoms with E-state index in [1.54, 1.807) is 25.1 Å². The minimum atomic E-state index is -4.77. The van der Waals surface area contributed by atoms with E-state index in [0.717, 1.165) is 12.8 Å². The molecule has 1 aliphatic rings. The zero-order valence-corrected chi connectivity index (χ0v) is 21.4. The van der Waals surface area contributed by atoms with E-state index in [9.17, 15) is 28.3 Å². The second-order valence-corrected chi connectivity index (χ2v) is 9.45. The predicted octanol–water partition coefficient (Wildman–Crippen LogP) is 3.15. The number of halogens is 4. The highest BCUT2D eigenvalue weighted by atomic mass is 35.5. The largest absolute Gasteiger partial charge is 0.455 e. The third kappa shape index (κ3) is 5.72. The molecule has 5 rings (SSSR count). The molecule has 1 atom stereocenters. The molecule has 0 bridgehead atoms. The first-order chi connectivity index (χ1) is 19.0. The summed E-state index contributed by atoms with van der Waals surface area (Å²) in [5, 5.41) is 40.8. The monoisotopic (exact) mass is 572 g/mol. The molecule has 40 heavy (non-hydrogen) atoms. The summed E-state index contributed by atoms with van der Waals surface area (Å²) in [6.45, 7) is 1.36. The van der Waals surface area contributed by atoms with Crippen LogP contribution in [0.1, 0.15) is 57.8 Å². The van der Waals surface area contributed by atoms with Gasteiger partial charge in [0.1, 0.15) is 6.54 Å². The number of amides is 1. The van der Waals surface area contributed by atoms with Gasteiger partial charge in [-0.3, -0.25) is 4.79 Å². The van der Waals surface area contributed by atoms with Gasteiger partial charge in [0.25, 0.3) is 11.7 Å². The van der Waals surface area contributed by atoms with E-state index in [4.69, 9.17) is 11.6 Å². The molecular formula is C24H20ClF3N10O2. The maximum Gasteiger partial charge on any atom is 0.455 e. The summed E-state index contributed by atoms with van der Waals surface area (Å²) >= 11 is 6.32. The summed E-state index contributed by atoms with van der Waals surface area (Å²) in [5.41, 5.74) is 1.49. The highest BCUT2D eigenvalue weighted by Crippen LogP contribution is 2.30. The number of aliphatic hydroxyl groups excluding tert-OH is 1. The lowest BCUT2D eigenvalue weighted by molar-refractivity contribution is -0.145. The van der Waals surface area contributed by atoms with Gasteiger partial charge in [0, 0.05) is 12.2 Å². The van der Waals surface area contributed by atoms with Crippen molar-refractivity contribution in [3.05, 3.63) is 75.5 Å². The summed E-state index contributed by atoms with van der Waals surface area (Å²) < 4.78 is 40.0. The maximum absolute atomic E-state index is 13.0. The van der Waals surface area contributed by atoms with Gasteiger partial charge in [-0.1, -0.05) is 11.6 Å². The smallest absolute Gasteiger partial charge is 0.368 e. The van der Waals surface area contributed by atoms with Gasteiger partial charge >= 0.3 is 6.18 Å². The van der Waals surface area contributed by atoms with Gasteiger partial charge in [0.05, 0.1) is 39.3 Å². The number of carbonyl (C=O) groups excluding carboxylic acids is 1. The number of anilines is 1. The zero-order chi connectivity index (χ0) is 28.6. The van der Waals surface area contributed by atoms with Gasteiger partial charge in [-0.05, 0) is 60.9 Å². The molecule has 16 heteroatoms. The minimum absolute atomic E-state index is 0.0508. The zero-order valence-electron chi connectivity index (χ0n) is 20.7. The summed E-state index contributed by atoms with van der Waals surface area (Å²) in [7, 11) is 0. The molecule has 0 spiro atoms. The first kappa shape index (κ1) is 27.0. The molecule has 1 aliphatic carbocycles. The molecule has 1 unspecified atom stereocenters. The van der Waals surface area contributed by atoms with Crippen LogP contribution >= 0.6 is 11.6 Å². The van der Waals surface area contributed by atoms with E-state index in [2.05, 4.69) is 36.1 Å². The average molecular weight is 573 g/mol. The SMILES string of the molecule is Cc1cc(C#N)cc(C(=O)NC2CC2)c1NC(O)c1cc(Cn2nnc(C(F)(F)F)n2)nn1-c1ncccc1Cl. The lowest BCUT2D eigenvalue weighted by atomic mass is 10.0. The van der Waals surface area contributed by atoms with Crippen molar-refractivity contribution in [2.24, 2.45) is 0 Å². The van der Waals surface area contributed by atoms with E-state index in [1.165, 1.54) is 23.0 Å². The Bertz CT molecular complexity index is 1620. The van der Waals surface area contributed by atoms with Crippen molar-refractivity contribution >= 4 is 23.2 Å². The second-order valence-electron chi connectivity index (χ2n) is 9.04. The lowest BCUT2D eigenvalue weighted by Crippen LogP contribution is -2.27. The maximum atomic E-state index is 13.0. The molecule has 3 heterocycles. The lowest BCUT2D eigenvalue weighted by Gasteiger charge is -2.20. The number of pyridine rings is 1. The standard InChI is InChI=1S/C24H20ClF3N10O2/c1-12-7-13(10-29)8-16(21(39)31-14-4-5-14)19(12)32-22(40)18-9-15(11-37-35-23(33-36-37)24(26,27)28)34-38(18)20-17(25)3-2-6-30-20/h2-3,6-9,14,22,32,40H,4-5,11H2,1H3,(H,31,39). The Morgan fingerprint density at radius 3 is 2.73 bits per heavy atom. The predicted molar refractivity (Wildman–Crippen MR) is 133 cm³/mol. The molecule has 0 aliphatic heterocycles. The number of carbonyl (C=O) groups is 1. The number of nitrogens with zero attached hydrogens (tertiary/aromatic N) is 8. The van der Waals surface area contributed by atoms with E-state index in [-0.39, 0.29) is 51.6 Å². The van der Waals surface area contributed by atoms with Crippen LogP contribution < -0.4 is 10.6 Å². The van der Waals surface area contributed by atoms with Crippen molar-refractivity contribution in [2.45, 2.75) is 44.8 Å². The number of hydrogen-bond acceptors (Lipinski definition) is 9. The molecule has 12 nitrogen and oxygen atoms in total. The fourth-order valence-electron chi connectivity index (χ4n) is 3.91. The summed E-state index contributed by atoms with van der Waals surface area (Å²) in [6, 6.07) is 9.61. The Kier molecular flexibility index (Phi) is 7.13. The number of nitriles is 1. The Morgan fingerprint density at radius 1 is 1.30 bits per heavy atom. The number of alkyl halides is 3. The molecule has 1 aromatic carbocycles. The van der Waals surface area contributed by atoms with E-state index in [1.807, 2.05) is 6.07 Å². The molecular weight excluding hydrogens is 553 g/mol. The summed E-state index contributed by atoms with van der Waals surface area (Å²) in [4.78, 5) is 17.9. The number of tetrazole rings is 1. The first-order valence-electron chi connectivity index (χ1n) is 11.9. The Morgan fingerprint density at radius 2 is 2.08 bits per heavy atom. The molecule has 1 saturated carbocycles. The van der Waals surface area contributed by atoms with Crippen LogP contribution in [-0.2, 0) is 12.7 Å². The van der Waals surface area contributed by atoms with E-state index in [0.29, 0.717) is 10.4 Å². The molecule has 0 saturated heterocycles. The van der Waals surface area contributed by atoms with E-state index >= 15 is 0 Å². The number of hydrogen-bond donors (Lipinski definition) is 3. The minimum Gasteiger partial charge on any atom is -0.368 e. The van der Waals surface area contributed by atoms with Crippen LogP contribution in [0.15, 0.2) is 36.5 Å². The fourth-order valence-corrected chi connectivity index (χ4v) is 4.12. The third-order valence-electron chi connectivity index (χ3n) is 5.92. The van der Waals surface area contributed by atoms with Crippen molar-refractivity contribution in [2.75, 3.05) is 5.32 Å². The van der Waals surface area contributed by atoms with Crippen LogP contribution in [-0.4, -0.2) is 52.0 Å². The highest BCUT2D eigenvalue weighted by Gasteiger charge is 2.37. The van der Waals surface area contributed by atoms with Gasteiger partial charge in [0.15, 0.2) is 12.0 Å². The fraction of sp³-hybridized carbons (Fsp3) is 0.292. The summed E-state index contributed by atoms with van der Waals surface area (Å²) in [5.74, 6) is -1.68. The van der Waals surface area contributed by atoms with Gasteiger partial charge < -0.3 is 15.7 Å². The summed E-state index contributed by atoms with van der Waals surface area (Å²) in [6.07, 6.45) is -3.12. The number of aliphatic hydroxyl groups is 1. The average Bonchev–Trinajstić information content (AvgIpc) is 3.41. The molecule has 0 radical (unpaired) electrons. The van der Waals surface area contributed by atoms with Crippen molar-refractivity contribution in [1.82, 2.24) is 40.3 Å². The number of nitrogens with one attached hydrogen (secondary N) is 2. The topological polar surface area (TPSA) is 159 Å². The Hall–Kier alpha value is -4.55. The number of aromatic nitrogens is 7. The van der Waals surface area contributed by atoms with Crippen molar-refractivity contribution in [1.29, 1.82) is 5.26 Å². The molecule has 1 amide bonds. The van der Waals surface area contributed by atoms with Crippen molar-refractivity contribution < 1.29 is 23.1 Å². The molecule has 1 fully saturated rings. The van der Waals surface area contributed by atoms with Gasteiger partial charge in [-0.2, -0.15) is 28.3 Å². The third-order valence-corrected chi connectivity index (χ3v) is 6.22. The number of benzene rings is 1. The van der Waals surface area contributed by atoms with Crippen LogP contribution in [0.4, 0.5) is 18.9 Å². The normalized spacial score (nSPS) is 14.0. The molecule has 3 aromatic heterocycles. The molecule has 206 valence electrons. The first-order valence-corrected chi connectivity index (χ1v) is 12.3. The van der Waals surface area contributed by atoms with Crippen LogP contribution in [0.5, 0.6) is 0 Å². The Labute approximate surface area is 229 Å². The molecule has 3 N–H and O–H groups in total. The Balaban J connectivity index is 1.51. The van der Waals surface area contributed by atoms with E-state index < -0.39 is 24.1 Å². The van der Waals surface area contributed by atoms with Gasteiger partial charge in [0.2, 0.25) is 0 Å². The van der Waals surface area contributed by atoms with Crippen molar-refractivity contribution in [3.8, 4) is 11.9 Å². The quantitative estimate of drug-likeness (QED) is 0.269. The highest BCUT2D eigenvalue weighted by molar-refractivity contribution is 6.32. The molecule has 4 aromatic rings. The van der Waals surface area contributed by atoms with Crippen LogP contribution in [0, 0.1) is 18.3 Å². The van der Waals surface area contributed by atoms with Crippen LogP contribution in [0.2, 0.25) is 5.02 Å². The second kappa shape index (κ2) is 10.5.